The van der Waals surface area contributed by atoms with Gasteiger partial charge in [-0.05, 0) is 12.1 Å². The molecule has 3 aromatic rings. The van der Waals surface area contributed by atoms with Gasteiger partial charge in [-0.2, -0.15) is 0 Å². The van der Waals surface area contributed by atoms with Crippen LogP contribution in [0.25, 0.3) is 22.7 Å². The summed E-state index contributed by atoms with van der Waals surface area (Å²) in [6.07, 6.45) is 1.66. The fraction of sp³-hybridized carbons (Fsp3) is 0.105. The summed E-state index contributed by atoms with van der Waals surface area (Å²) in [7, 11) is 5.47. The molecule has 0 spiro atoms. The van der Waals surface area contributed by atoms with Gasteiger partial charge < -0.3 is 15.8 Å². The first-order valence-electron chi connectivity index (χ1n) is 8.12. The van der Waals surface area contributed by atoms with Crippen molar-refractivity contribution < 1.29 is 9.90 Å². The summed E-state index contributed by atoms with van der Waals surface area (Å²) in [4.78, 5) is 18.0. The van der Waals surface area contributed by atoms with E-state index in [-0.39, 0.29) is 5.88 Å². The van der Waals surface area contributed by atoms with E-state index in [1.165, 1.54) is 0 Å². The first-order chi connectivity index (χ1) is 12.9. The molecule has 1 aromatic heterocycles. The topological polar surface area (TPSA) is 104 Å². The van der Waals surface area contributed by atoms with Crippen LogP contribution in [0, 0.1) is 0 Å². The number of aromatic nitrogens is 1. The van der Waals surface area contributed by atoms with Crippen molar-refractivity contribution in [1.82, 2.24) is 4.98 Å². The Morgan fingerprint density at radius 2 is 1.70 bits per heavy atom. The van der Waals surface area contributed by atoms with Crippen molar-refractivity contribution in [3.63, 3.8) is 0 Å². The number of nitrogens with two attached hydrogens (primary N) is 1. The summed E-state index contributed by atoms with van der Waals surface area (Å²) >= 11 is -1.07. The van der Waals surface area contributed by atoms with E-state index < -0.39 is 24.7 Å². The molecular weight excluding hydrogens is 470 g/mol. The molecule has 27 heavy (non-hydrogen) atoms. The SMILES string of the molecule is NC(=O)N=N/C(=C\c1c(O)[nH]c2ccccc12)c1ccccc1.[CH3][Sn]([CH3])[Cl]. The van der Waals surface area contributed by atoms with E-state index in [2.05, 4.69) is 25.1 Å². The molecule has 6 nitrogen and oxygen atoms in total. The maximum absolute atomic E-state index is 10.9. The second kappa shape index (κ2) is 10.1. The van der Waals surface area contributed by atoms with Gasteiger partial charge in [-0.25, -0.2) is 4.79 Å². The summed E-state index contributed by atoms with van der Waals surface area (Å²) in [6, 6.07) is 15.8. The number of aromatic hydroxyl groups is 1. The summed E-state index contributed by atoms with van der Waals surface area (Å²) < 4.78 is 0. The number of para-hydroxylation sites is 1. The molecule has 0 unspecified atom stereocenters. The first kappa shape index (κ1) is 21.0. The number of hydrogen-bond donors (Lipinski definition) is 3. The average molecular weight is 491 g/mol. The second-order valence-corrected chi connectivity index (χ2v) is 15.8. The molecule has 2 aromatic carbocycles. The number of benzene rings is 2. The number of fused-ring (bicyclic) bond motifs is 1. The molecule has 0 aliphatic heterocycles. The fourth-order valence-electron chi connectivity index (χ4n) is 2.31. The van der Waals surface area contributed by atoms with Crippen molar-refractivity contribution >= 4 is 56.3 Å². The van der Waals surface area contributed by atoms with Gasteiger partial charge in [0.15, 0.2) is 5.88 Å². The predicted octanol–water partition coefficient (Wildman–Crippen LogP) is 5.38. The van der Waals surface area contributed by atoms with Crippen LogP contribution in [-0.2, 0) is 0 Å². The Balaban J connectivity index is 0.000000596. The molecule has 0 aliphatic rings. The summed E-state index contributed by atoms with van der Waals surface area (Å²) in [5.41, 5.74) is 7.58. The van der Waals surface area contributed by atoms with Crippen molar-refractivity contribution in [2.75, 3.05) is 0 Å². The summed E-state index contributed by atoms with van der Waals surface area (Å²) in [5, 5.41) is 18.3. The van der Waals surface area contributed by atoms with Gasteiger partial charge in [0, 0.05) is 22.0 Å². The first-order valence-corrected chi connectivity index (χ1v) is 17.4. The second-order valence-electron chi connectivity index (χ2n) is 5.74. The number of halogens is 1. The van der Waals surface area contributed by atoms with E-state index in [9.17, 15) is 9.90 Å². The van der Waals surface area contributed by atoms with Gasteiger partial charge in [0.05, 0.1) is 5.70 Å². The summed E-state index contributed by atoms with van der Waals surface area (Å²) in [6.45, 7) is 0. The number of primary amides is 1. The average Bonchev–Trinajstić information content (AvgIpc) is 2.94. The number of urea groups is 1. The standard InChI is InChI=1S/C17H14N4O2.2CH3.ClH.Sn/c18-17(23)21-20-15(11-6-2-1-3-7-11)10-13-12-8-4-5-9-14(12)19-16(13)22;;;;/h1-10,19,22H,(H2,18,23);2*1H3;1H;/q;;;;+1/p-1/b15-10-,21-20?;;;;. The molecule has 139 valence electrons. The Morgan fingerprint density at radius 1 is 1.11 bits per heavy atom. The Bertz CT molecular complexity index is 966. The monoisotopic (exact) mass is 491 g/mol. The molecule has 8 heteroatoms. The molecule has 4 N–H and O–H groups in total. The van der Waals surface area contributed by atoms with E-state index in [4.69, 9.17) is 14.7 Å². The van der Waals surface area contributed by atoms with Crippen molar-refractivity contribution in [3.05, 3.63) is 65.7 Å². The van der Waals surface area contributed by atoms with Gasteiger partial charge >= 0.3 is 43.5 Å². The van der Waals surface area contributed by atoms with Gasteiger partial charge in [-0.3, -0.25) is 0 Å². The third kappa shape index (κ3) is 6.41. The molecule has 0 saturated carbocycles. The van der Waals surface area contributed by atoms with Gasteiger partial charge in [-0.15, -0.1) is 5.11 Å². The Kier molecular flexibility index (Phi) is 7.87. The van der Waals surface area contributed by atoms with Crippen molar-refractivity contribution in [2.45, 2.75) is 9.88 Å². The van der Waals surface area contributed by atoms with Gasteiger partial charge in [0.2, 0.25) is 0 Å². The van der Waals surface area contributed by atoms with Crippen LogP contribution in [0.1, 0.15) is 11.1 Å². The van der Waals surface area contributed by atoms with E-state index in [0.29, 0.717) is 11.3 Å². The molecule has 2 amide bonds. The van der Waals surface area contributed by atoms with Crippen LogP contribution >= 0.6 is 8.92 Å². The number of nitrogens with zero attached hydrogens (tertiary/aromatic N) is 2. The molecule has 0 saturated heterocycles. The number of H-pyrrole nitrogens is 1. The normalized spacial score (nSPS) is 11.6. The Hall–Kier alpha value is -2.32. The zero-order valence-corrected chi connectivity index (χ0v) is 18.6. The number of nitrogens with one attached hydrogen (secondary N) is 1. The van der Waals surface area contributed by atoms with Crippen LogP contribution in [-0.4, -0.2) is 34.8 Å². The molecule has 1 radical (unpaired) electrons. The number of amides is 2. The van der Waals surface area contributed by atoms with Gasteiger partial charge in [-0.1, -0.05) is 53.6 Å². The zero-order valence-electron chi connectivity index (χ0n) is 15.0. The van der Waals surface area contributed by atoms with Crippen LogP contribution in [0.2, 0.25) is 9.88 Å². The van der Waals surface area contributed by atoms with Gasteiger partial charge in [0.1, 0.15) is 0 Å². The van der Waals surface area contributed by atoms with Crippen LogP contribution in [0.5, 0.6) is 5.88 Å². The van der Waals surface area contributed by atoms with E-state index in [0.717, 1.165) is 16.5 Å². The van der Waals surface area contributed by atoms with Crippen LogP contribution < -0.4 is 5.73 Å². The van der Waals surface area contributed by atoms with Crippen LogP contribution in [0.15, 0.2) is 64.8 Å². The Labute approximate surface area is 168 Å². The number of hydrogen-bond acceptors (Lipinski definition) is 3. The molecule has 0 fully saturated rings. The molecule has 0 atom stereocenters. The minimum atomic E-state index is -1.07. The van der Waals surface area contributed by atoms with E-state index in [1.807, 2.05) is 54.6 Å². The van der Waals surface area contributed by atoms with Gasteiger partial charge in [0.25, 0.3) is 0 Å². The number of carbonyl (C=O) groups excluding carboxylic acids is 1. The van der Waals surface area contributed by atoms with E-state index in [1.54, 1.807) is 6.08 Å². The van der Waals surface area contributed by atoms with Crippen molar-refractivity contribution in [1.29, 1.82) is 0 Å². The fourth-order valence-corrected chi connectivity index (χ4v) is 2.31. The molecule has 0 bridgehead atoms. The number of aromatic amines is 1. The quantitative estimate of drug-likeness (QED) is 0.339. The number of rotatable bonds is 3. The maximum atomic E-state index is 10.9. The molecular formula is C19H20ClN4O2Sn. The van der Waals surface area contributed by atoms with Crippen molar-refractivity contribution in [3.8, 4) is 5.88 Å². The van der Waals surface area contributed by atoms with Crippen LogP contribution in [0.3, 0.4) is 0 Å². The number of carbonyl (C=O) groups is 1. The molecule has 0 aliphatic carbocycles. The third-order valence-corrected chi connectivity index (χ3v) is 3.33. The predicted molar refractivity (Wildman–Crippen MR) is 112 cm³/mol. The molecule has 1 heterocycles. The third-order valence-electron chi connectivity index (χ3n) is 3.33. The van der Waals surface area contributed by atoms with E-state index >= 15 is 0 Å². The number of azo groups is 1. The zero-order chi connectivity index (χ0) is 19.8. The molecule has 3 rings (SSSR count). The Morgan fingerprint density at radius 3 is 2.33 bits per heavy atom. The van der Waals surface area contributed by atoms with Crippen LogP contribution in [0.4, 0.5) is 4.79 Å². The van der Waals surface area contributed by atoms with Crippen molar-refractivity contribution in [2.24, 2.45) is 16.0 Å². The summed E-state index contributed by atoms with van der Waals surface area (Å²) in [5.74, 6) is 0.0221. The minimum absolute atomic E-state index is 0.0221.